The number of nitrogens with one attached hydrogen (secondary N) is 2. The molecule has 3 nitrogen and oxygen atoms in total. The summed E-state index contributed by atoms with van der Waals surface area (Å²) in [5.74, 6) is 0.761. The monoisotopic (exact) mass is 179 g/mol. The van der Waals surface area contributed by atoms with E-state index in [1.54, 1.807) is 0 Å². The van der Waals surface area contributed by atoms with E-state index in [0.717, 1.165) is 18.9 Å². The summed E-state index contributed by atoms with van der Waals surface area (Å²) in [5.41, 5.74) is 2.70. The molecule has 0 radical (unpaired) electrons. The Bertz CT molecular complexity index is 279. The lowest BCUT2D eigenvalue weighted by Crippen LogP contribution is -2.27. The highest BCUT2D eigenvalue weighted by molar-refractivity contribution is 5.24. The molecule has 2 atom stereocenters. The van der Waals surface area contributed by atoms with Crippen molar-refractivity contribution in [2.45, 2.75) is 32.7 Å². The summed E-state index contributed by atoms with van der Waals surface area (Å²) < 4.78 is 0. The van der Waals surface area contributed by atoms with E-state index in [0.29, 0.717) is 6.04 Å². The lowest BCUT2D eigenvalue weighted by atomic mass is 9.86. The van der Waals surface area contributed by atoms with Crippen molar-refractivity contribution in [3.63, 3.8) is 0 Å². The normalized spacial score (nSPS) is 27.2. The van der Waals surface area contributed by atoms with Gasteiger partial charge in [-0.15, -0.1) is 0 Å². The summed E-state index contributed by atoms with van der Waals surface area (Å²) in [7, 11) is 0. The topological polar surface area (TPSA) is 40.7 Å². The highest BCUT2D eigenvalue weighted by Crippen LogP contribution is 2.31. The Morgan fingerprint density at radius 1 is 1.69 bits per heavy atom. The molecule has 1 aliphatic carbocycles. The molecule has 0 saturated heterocycles. The minimum Gasteiger partial charge on any atom is -0.310 e. The van der Waals surface area contributed by atoms with Crippen LogP contribution in [0.15, 0.2) is 6.20 Å². The van der Waals surface area contributed by atoms with E-state index in [-0.39, 0.29) is 0 Å². The molecular weight excluding hydrogens is 162 g/mol. The molecule has 0 aromatic carbocycles. The molecular formula is C10H17N3. The number of H-pyrrole nitrogens is 1. The number of rotatable bonds is 2. The third kappa shape index (κ3) is 1.61. The molecule has 13 heavy (non-hydrogen) atoms. The maximum absolute atomic E-state index is 4.11. The summed E-state index contributed by atoms with van der Waals surface area (Å²) in [6.45, 7) is 5.48. The van der Waals surface area contributed by atoms with Gasteiger partial charge in [-0.3, -0.25) is 5.10 Å². The van der Waals surface area contributed by atoms with Crippen LogP contribution in [0.4, 0.5) is 0 Å². The molecule has 0 amide bonds. The number of aromatic nitrogens is 2. The van der Waals surface area contributed by atoms with E-state index in [1.807, 2.05) is 6.20 Å². The van der Waals surface area contributed by atoms with Crippen LogP contribution in [-0.2, 0) is 6.42 Å². The van der Waals surface area contributed by atoms with E-state index in [1.165, 1.54) is 17.7 Å². The zero-order valence-electron chi connectivity index (χ0n) is 8.30. The Morgan fingerprint density at radius 3 is 3.31 bits per heavy atom. The number of aromatic amines is 1. The highest BCUT2D eigenvalue weighted by atomic mass is 15.1. The molecule has 1 aromatic rings. The smallest absolute Gasteiger partial charge is 0.0538 e. The van der Waals surface area contributed by atoms with Gasteiger partial charge in [-0.25, -0.2) is 0 Å². The minimum atomic E-state index is 0.516. The van der Waals surface area contributed by atoms with Crippen LogP contribution in [0.25, 0.3) is 0 Å². The van der Waals surface area contributed by atoms with Crippen LogP contribution in [0.1, 0.15) is 37.6 Å². The van der Waals surface area contributed by atoms with Gasteiger partial charge < -0.3 is 5.32 Å². The largest absolute Gasteiger partial charge is 0.310 e. The SMILES string of the molecule is CCNC1CC(C)Cc2[nH]ncc21. The van der Waals surface area contributed by atoms with E-state index >= 15 is 0 Å². The van der Waals surface area contributed by atoms with Gasteiger partial charge >= 0.3 is 0 Å². The predicted molar refractivity (Wildman–Crippen MR) is 52.5 cm³/mol. The number of hydrogen-bond donors (Lipinski definition) is 2. The van der Waals surface area contributed by atoms with E-state index in [4.69, 9.17) is 0 Å². The van der Waals surface area contributed by atoms with Gasteiger partial charge in [-0.2, -0.15) is 5.10 Å². The predicted octanol–water partition coefficient (Wildman–Crippen LogP) is 1.64. The molecule has 2 unspecified atom stereocenters. The van der Waals surface area contributed by atoms with Gasteiger partial charge in [0, 0.05) is 17.3 Å². The van der Waals surface area contributed by atoms with Crippen molar-refractivity contribution in [1.29, 1.82) is 0 Å². The molecule has 2 N–H and O–H groups in total. The molecule has 0 spiro atoms. The molecule has 1 aliphatic rings. The molecule has 0 fully saturated rings. The fourth-order valence-corrected chi connectivity index (χ4v) is 2.19. The first kappa shape index (κ1) is 8.75. The van der Waals surface area contributed by atoms with Crippen molar-refractivity contribution in [1.82, 2.24) is 15.5 Å². The molecule has 0 bridgehead atoms. The van der Waals surface area contributed by atoms with E-state index in [9.17, 15) is 0 Å². The third-order valence-corrected chi connectivity index (χ3v) is 2.77. The van der Waals surface area contributed by atoms with Crippen molar-refractivity contribution in [3.8, 4) is 0 Å². The number of fused-ring (bicyclic) bond motifs is 1. The Morgan fingerprint density at radius 2 is 2.54 bits per heavy atom. The van der Waals surface area contributed by atoms with Gasteiger partial charge in [0.25, 0.3) is 0 Å². The highest BCUT2D eigenvalue weighted by Gasteiger charge is 2.24. The minimum absolute atomic E-state index is 0.516. The van der Waals surface area contributed by atoms with Gasteiger partial charge in [0.2, 0.25) is 0 Å². The standard InChI is InChI=1S/C10H17N3/c1-3-11-9-4-7(2)5-10-8(9)6-12-13-10/h6-7,9,11H,3-5H2,1-2H3,(H,12,13). The van der Waals surface area contributed by atoms with Gasteiger partial charge in [0.05, 0.1) is 6.20 Å². The number of hydrogen-bond acceptors (Lipinski definition) is 2. The van der Waals surface area contributed by atoms with E-state index < -0.39 is 0 Å². The first-order chi connectivity index (χ1) is 6.31. The van der Waals surface area contributed by atoms with Crippen molar-refractivity contribution in [3.05, 3.63) is 17.5 Å². The molecule has 1 aromatic heterocycles. The second-order valence-corrected chi connectivity index (χ2v) is 3.96. The summed E-state index contributed by atoms with van der Waals surface area (Å²) in [5, 5.41) is 10.7. The Labute approximate surface area is 78.9 Å². The summed E-state index contributed by atoms with van der Waals surface area (Å²) in [6, 6.07) is 0.516. The molecule has 2 rings (SSSR count). The average Bonchev–Trinajstić information content (AvgIpc) is 2.52. The lowest BCUT2D eigenvalue weighted by molar-refractivity contribution is 0.384. The summed E-state index contributed by atoms with van der Waals surface area (Å²) >= 11 is 0. The average molecular weight is 179 g/mol. The maximum Gasteiger partial charge on any atom is 0.0538 e. The van der Waals surface area contributed by atoms with Gasteiger partial charge in [-0.1, -0.05) is 13.8 Å². The van der Waals surface area contributed by atoms with Crippen LogP contribution < -0.4 is 5.32 Å². The summed E-state index contributed by atoms with van der Waals surface area (Å²) in [4.78, 5) is 0. The Balaban J connectivity index is 2.22. The molecule has 0 saturated carbocycles. The van der Waals surface area contributed by atoms with Crippen LogP contribution in [0, 0.1) is 5.92 Å². The van der Waals surface area contributed by atoms with Crippen LogP contribution in [0.3, 0.4) is 0 Å². The Hall–Kier alpha value is -0.830. The van der Waals surface area contributed by atoms with Crippen molar-refractivity contribution < 1.29 is 0 Å². The zero-order valence-corrected chi connectivity index (χ0v) is 8.30. The van der Waals surface area contributed by atoms with Crippen molar-refractivity contribution >= 4 is 0 Å². The van der Waals surface area contributed by atoms with Crippen molar-refractivity contribution in [2.24, 2.45) is 5.92 Å². The van der Waals surface area contributed by atoms with Crippen LogP contribution in [0.5, 0.6) is 0 Å². The molecule has 1 heterocycles. The first-order valence-corrected chi connectivity index (χ1v) is 5.06. The maximum atomic E-state index is 4.11. The second kappa shape index (κ2) is 3.50. The van der Waals surface area contributed by atoms with Crippen LogP contribution in [0.2, 0.25) is 0 Å². The van der Waals surface area contributed by atoms with Crippen molar-refractivity contribution in [2.75, 3.05) is 6.54 Å². The molecule has 3 heteroatoms. The third-order valence-electron chi connectivity index (χ3n) is 2.77. The fraction of sp³-hybridized carbons (Fsp3) is 0.700. The summed E-state index contributed by atoms with van der Waals surface area (Å²) in [6.07, 6.45) is 4.35. The van der Waals surface area contributed by atoms with E-state index in [2.05, 4.69) is 29.4 Å². The van der Waals surface area contributed by atoms with Crippen LogP contribution >= 0.6 is 0 Å². The quantitative estimate of drug-likeness (QED) is 0.724. The second-order valence-electron chi connectivity index (χ2n) is 3.96. The Kier molecular flexibility index (Phi) is 2.36. The fourth-order valence-electron chi connectivity index (χ4n) is 2.19. The molecule has 72 valence electrons. The number of nitrogens with zero attached hydrogens (tertiary/aromatic N) is 1. The lowest BCUT2D eigenvalue weighted by Gasteiger charge is -2.27. The first-order valence-electron chi connectivity index (χ1n) is 5.06. The van der Waals surface area contributed by atoms with Gasteiger partial charge in [0.1, 0.15) is 0 Å². The molecule has 0 aliphatic heterocycles. The van der Waals surface area contributed by atoms with Crippen LogP contribution in [-0.4, -0.2) is 16.7 Å². The van der Waals surface area contributed by atoms with Gasteiger partial charge in [0.15, 0.2) is 0 Å². The zero-order chi connectivity index (χ0) is 9.26. The van der Waals surface area contributed by atoms with Gasteiger partial charge in [-0.05, 0) is 25.3 Å².